The Morgan fingerprint density at radius 2 is 1.46 bits per heavy atom. The largest absolute Gasteiger partial charge is 0.493 e. The first-order valence-corrected chi connectivity index (χ1v) is 12.7. The maximum atomic E-state index is 13.6. The molecule has 0 atom stereocenters. The van der Waals surface area contributed by atoms with Gasteiger partial charge in [0.25, 0.3) is 0 Å². The second kappa shape index (κ2) is 19.2. The number of carboxylic acid groups (broad SMARTS) is 1. The molecule has 0 unspecified atom stereocenters. The fraction of sp³-hybridized carbons (Fsp3) is 0.606. The molecule has 0 aliphatic carbocycles. The number of Topliss-reactive ketones (excluding diaryl/α,β-unsaturated/α-hetero) is 1. The minimum atomic E-state index is -0.897. The number of benzene rings is 1. The summed E-state index contributed by atoms with van der Waals surface area (Å²) in [5.74, 6) is 0.763. The first kappa shape index (κ1) is 40.6. The predicted octanol–water partition coefficient (Wildman–Crippen LogP) is 8.98. The van der Waals surface area contributed by atoms with Crippen molar-refractivity contribution in [1.82, 2.24) is 4.57 Å². The summed E-state index contributed by atoms with van der Waals surface area (Å²) in [6.07, 6.45) is 4.24. The van der Waals surface area contributed by atoms with Crippen molar-refractivity contribution in [3.8, 4) is 5.75 Å². The summed E-state index contributed by atoms with van der Waals surface area (Å²) in [7, 11) is 0. The highest BCUT2D eigenvalue weighted by atomic mass is 16.5. The Bertz CT molecular complexity index is 1020. The van der Waals surface area contributed by atoms with Crippen LogP contribution in [0.3, 0.4) is 0 Å². The quantitative estimate of drug-likeness (QED) is 0.225. The minimum absolute atomic E-state index is 0. The highest BCUT2D eigenvalue weighted by molar-refractivity contribution is 6.10. The van der Waals surface area contributed by atoms with Crippen molar-refractivity contribution in [1.29, 1.82) is 0 Å². The topological polar surface area (TPSA) is 85.6 Å². The van der Waals surface area contributed by atoms with Crippen molar-refractivity contribution in [2.24, 2.45) is 17.8 Å². The van der Waals surface area contributed by atoms with Crippen LogP contribution in [0.15, 0.2) is 30.5 Å². The zero-order valence-corrected chi connectivity index (χ0v) is 22.1. The van der Waals surface area contributed by atoms with Crippen LogP contribution in [0.1, 0.15) is 129 Å². The number of nitrogens with zero attached hydrogens (tertiary/aromatic N) is 1. The van der Waals surface area contributed by atoms with Gasteiger partial charge in [0.05, 0.1) is 12.3 Å². The van der Waals surface area contributed by atoms with Gasteiger partial charge in [-0.15, -0.1) is 0 Å². The first-order chi connectivity index (χ1) is 16.5. The van der Waals surface area contributed by atoms with E-state index in [1.807, 2.05) is 18.4 Å². The number of rotatable bonds is 15. The van der Waals surface area contributed by atoms with Crippen LogP contribution in [0, 0.1) is 17.8 Å². The highest BCUT2D eigenvalue weighted by Crippen LogP contribution is 2.25. The van der Waals surface area contributed by atoms with Gasteiger partial charge in [-0.1, -0.05) is 71.2 Å². The average molecular weight is 548 g/mol. The smallest absolute Gasteiger partial charge is 0.303 e. The van der Waals surface area contributed by atoms with Gasteiger partial charge in [0.2, 0.25) is 5.78 Å². The lowest BCUT2D eigenvalue weighted by molar-refractivity contribution is -0.136. The lowest BCUT2D eigenvalue weighted by Gasteiger charge is -2.14. The van der Waals surface area contributed by atoms with Crippen LogP contribution in [-0.4, -0.2) is 33.8 Å². The fourth-order valence-electron chi connectivity index (χ4n) is 3.78. The van der Waals surface area contributed by atoms with E-state index in [0.29, 0.717) is 59.5 Å². The molecule has 0 saturated heterocycles. The Morgan fingerprint density at radius 1 is 0.846 bits per heavy atom. The maximum Gasteiger partial charge on any atom is 0.303 e. The van der Waals surface area contributed by atoms with Gasteiger partial charge in [0.15, 0.2) is 5.78 Å². The van der Waals surface area contributed by atoms with Gasteiger partial charge in [-0.2, -0.15) is 0 Å². The van der Waals surface area contributed by atoms with Crippen molar-refractivity contribution in [2.45, 2.75) is 110 Å². The molecule has 0 radical (unpaired) electrons. The zero-order chi connectivity index (χ0) is 26.1. The molecule has 0 bridgehead atoms. The first-order valence-electron chi connectivity index (χ1n) is 12.7. The van der Waals surface area contributed by atoms with Gasteiger partial charge in [-0.3, -0.25) is 14.4 Å². The highest BCUT2D eigenvalue weighted by Gasteiger charge is 2.21. The molecule has 1 aromatic carbocycles. The maximum absolute atomic E-state index is 13.6. The average Bonchev–Trinajstić information content (AvgIpc) is 3.20. The van der Waals surface area contributed by atoms with E-state index in [-0.39, 0.29) is 60.0 Å². The van der Waals surface area contributed by atoms with E-state index >= 15 is 0 Å². The number of ether oxygens (including phenoxy) is 1. The molecule has 0 aliphatic rings. The molecule has 6 nitrogen and oxygen atoms in total. The number of hydrogen-bond acceptors (Lipinski definition) is 4. The summed E-state index contributed by atoms with van der Waals surface area (Å²) in [6, 6.07) is 6.94. The predicted molar refractivity (Wildman–Crippen MR) is 165 cm³/mol. The molecule has 1 heterocycles. The van der Waals surface area contributed by atoms with Crippen LogP contribution in [0.4, 0.5) is 0 Å². The fourth-order valence-corrected chi connectivity index (χ4v) is 3.78. The van der Waals surface area contributed by atoms with Crippen molar-refractivity contribution in [3.05, 3.63) is 52.8 Å². The Balaban J connectivity index is -0.00000324. The Labute approximate surface area is 239 Å². The molecule has 0 saturated carbocycles. The van der Waals surface area contributed by atoms with E-state index in [2.05, 4.69) is 27.7 Å². The van der Waals surface area contributed by atoms with Crippen LogP contribution >= 0.6 is 0 Å². The third kappa shape index (κ3) is 13.1. The lowest BCUT2D eigenvalue weighted by Crippen LogP contribution is -2.12. The summed E-state index contributed by atoms with van der Waals surface area (Å²) in [4.78, 5) is 37.5. The SMILES string of the molecule is C.C.C.C.CC(C)CCOc1ccc(C(=O)c2cc(C(=O)CC(C)C)cn2CCC(C)C)cc1CCC(=O)O. The monoisotopic (exact) mass is 547 g/mol. The molecule has 224 valence electrons. The molecular weight excluding hydrogens is 490 g/mol. The number of aryl methyl sites for hydroxylation is 2. The number of carbonyl (C=O) groups excluding carboxylic acids is 2. The normalized spacial score (nSPS) is 10.3. The van der Waals surface area contributed by atoms with E-state index in [4.69, 9.17) is 4.74 Å². The summed E-state index contributed by atoms with van der Waals surface area (Å²) >= 11 is 0. The van der Waals surface area contributed by atoms with E-state index in [0.717, 1.165) is 12.8 Å². The van der Waals surface area contributed by atoms with E-state index in [1.54, 1.807) is 30.5 Å². The number of hydrogen-bond donors (Lipinski definition) is 1. The third-order valence-electron chi connectivity index (χ3n) is 5.88. The van der Waals surface area contributed by atoms with Crippen LogP contribution in [0.2, 0.25) is 0 Å². The van der Waals surface area contributed by atoms with E-state index in [9.17, 15) is 19.5 Å². The number of aromatic nitrogens is 1. The summed E-state index contributed by atoms with van der Waals surface area (Å²) < 4.78 is 7.82. The van der Waals surface area contributed by atoms with Gasteiger partial charge in [-0.25, -0.2) is 0 Å². The Kier molecular flexibility index (Phi) is 20.0. The van der Waals surface area contributed by atoms with Crippen LogP contribution < -0.4 is 4.74 Å². The van der Waals surface area contributed by atoms with Gasteiger partial charge < -0.3 is 14.4 Å². The molecule has 0 amide bonds. The molecule has 1 aromatic heterocycles. The molecule has 0 fully saturated rings. The zero-order valence-electron chi connectivity index (χ0n) is 22.1. The molecule has 0 aliphatic heterocycles. The molecule has 6 heteroatoms. The van der Waals surface area contributed by atoms with Crippen molar-refractivity contribution in [2.75, 3.05) is 6.61 Å². The molecule has 2 rings (SSSR count). The summed E-state index contributed by atoms with van der Waals surface area (Å²) in [5, 5.41) is 9.19. The van der Waals surface area contributed by atoms with Crippen LogP contribution in [0.25, 0.3) is 0 Å². The van der Waals surface area contributed by atoms with Crippen molar-refractivity contribution < 1.29 is 24.2 Å². The van der Waals surface area contributed by atoms with Crippen LogP contribution in [0.5, 0.6) is 5.75 Å². The van der Waals surface area contributed by atoms with E-state index < -0.39 is 5.97 Å². The Hall–Kier alpha value is -2.89. The Morgan fingerprint density at radius 3 is 2.00 bits per heavy atom. The number of carboxylic acids is 1. The van der Waals surface area contributed by atoms with Crippen molar-refractivity contribution in [3.63, 3.8) is 0 Å². The third-order valence-corrected chi connectivity index (χ3v) is 5.88. The number of ketones is 2. The molecule has 1 N–H and O–H groups in total. The van der Waals surface area contributed by atoms with Gasteiger partial charge in [0, 0.05) is 36.7 Å². The second-order valence-corrected chi connectivity index (χ2v) is 10.6. The van der Waals surface area contributed by atoms with Crippen molar-refractivity contribution >= 4 is 17.5 Å². The molecular formula is C33H57NO5. The molecule has 39 heavy (non-hydrogen) atoms. The molecule has 0 spiro atoms. The lowest BCUT2D eigenvalue weighted by atomic mass is 10.00. The summed E-state index contributed by atoms with van der Waals surface area (Å²) in [5.41, 5.74) is 2.22. The van der Waals surface area contributed by atoms with Gasteiger partial charge in [0.1, 0.15) is 5.75 Å². The van der Waals surface area contributed by atoms with Gasteiger partial charge in [-0.05, 0) is 66.8 Å². The standard InChI is InChI=1S/C29H41NO5.4CH4/c1-19(2)11-13-30-18-24(26(31)15-21(5)6)17-25(30)29(34)23-7-9-27(35-14-12-20(3)4)22(16-23)8-10-28(32)33;;;;/h7,9,16-21H,8,10-15H2,1-6H3,(H,32,33);4*1H4. The van der Waals surface area contributed by atoms with E-state index in [1.165, 1.54) is 0 Å². The minimum Gasteiger partial charge on any atom is -0.493 e. The molecule has 2 aromatic rings. The van der Waals surface area contributed by atoms with Crippen LogP contribution in [-0.2, 0) is 17.8 Å². The number of aliphatic carboxylic acids is 1. The van der Waals surface area contributed by atoms with Gasteiger partial charge >= 0.3 is 5.97 Å². The number of carbonyl (C=O) groups is 3. The summed E-state index contributed by atoms with van der Waals surface area (Å²) in [6.45, 7) is 13.7. The second-order valence-electron chi connectivity index (χ2n) is 10.6.